The number of carboxylic acids is 1. The molecule has 0 aromatic rings. The van der Waals surface area contributed by atoms with Gasteiger partial charge >= 0.3 is 13.6 Å². The molecule has 0 radical (unpaired) electrons. The molecule has 7 N–H and O–H groups in total. The Morgan fingerprint density at radius 3 is 2.00 bits per heavy atom. The van der Waals surface area contributed by atoms with Gasteiger partial charge in [-0.05, 0) is 13.3 Å². The van der Waals surface area contributed by atoms with Crippen LogP contribution in [0, 0.1) is 0 Å². The number of rotatable bonds is 8. The molecule has 0 fully saturated rings. The molecule has 2 unspecified atom stereocenters. The van der Waals surface area contributed by atoms with Crippen molar-refractivity contribution in [2.24, 2.45) is 5.73 Å². The highest BCUT2D eigenvalue weighted by Gasteiger charge is 2.14. The molecule has 126 valence electrons. The average Bonchev–Trinajstić information content (AvgIpc) is 2.23. The summed E-state index contributed by atoms with van der Waals surface area (Å²) in [6, 6.07) is -0.588. The van der Waals surface area contributed by atoms with Gasteiger partial charge in [0, 0.05) is 12.8 Å². The van der Waals surface area contributed by atoms with Crippen LogP contribution in [0.2, 0.25) is 0 Å². The van der Waals surface area contributed by atoms with Gasteiger partial charge in [0.1, 0.15) is 5.78 Å². The first kappa shape index (κ1) is 22.7. The fourth-order valence-electron chi connectivity index (χ4n) is 0.890. The lowest BCUT2D eigenvalue weighted by molar-refractivity contribution is -0.135. The molecule has 12 heteroatoms. The van der Waals surface area contributed by atoms with Crippen molar-refractivity contribution in [3.05, 3.63) is 0 Å². The Kier molecular flexibility index (Phi) is 11.0. The van der Waals surface area contributed by atoms with Crippen molar-refractivity contribution in [2.45, 2.75) is 19.4 Å². The maximum atomic E-state index is 10.7. The first-order valence-electron chi connectivity index (χ1n) is 5.77. The molecule has 0 bridgehead atoms. The highest BCUT2D eigenvalue weighted by atomic mass is 31.2. The van der Waals surface area contributed by atoms with Crippen molar-refractivity contribution in [3.63, 3.8) is 0 Å². The van der Waals surface area contributed by atoms with Gasteiger partial charge in [0.15, 0.2) is 7.37 Å². The topological polar surface area (TPSA) is 187 Å². The van der Waals surface area contributed by atoms with Crippen LogP contribution in [0.3, 0.4) is 0 Å². The summed E-state index contributed by atoms with van der Waals surface area (Å²) < 4.78 is 20.8. The number of nitrogens with one attached hydrogen (secondary N) is 1. The van der Waals surface area contributed by atoms with Crippen LogP contribution in [0.15, 0.2) is 0 Å². The zero-order chi connectivity index (χ0) is 17.3. The minimum atomic E-state index is -4.10. The fourth-order valence-corrected chi connectivity index (χ4v) is 2.05. The highest BCUT2D eigenvalue weighted by Crippen LogP contribution is 2.35. The number of Topliss-reactive ketones (excluding diaryl/α,β-unsaturated/α-hetero) is 1. The molecule has 0 saturated heterocycles. The van der Waals surface area contributed by atoms with Crippen LogP contribution in [0.1, 0.15) is 13.3 Å². The van der Waals surface area contributed by atoms with Crippen molar-refractivity contribution < 1.29 is 38.5 Å². The van der Waals surface area contributed by atoms with Gasteiger partial charge in [0.2, 0.25) is 0 Å². The molecule has 0 aliphatic heterocycles. The standard InChI is InChI=1S/C6H14NO3P.C3H8NO5P/c1-5(8)6(7)3-4-11(2,9)10;5-3(6)1-4-2-10(7,8)9/h6H,3-4,7H2,1-2H3,(H,9,10);4H,1-2H2,(H,5,6)(H2,7,8,9). The number of carboxylic acid groups (broad SMARTS) is 1. The Morgan fingerprint density at radius 2 is 1.71 bits per heavy atom. The number of ketones is 1. The van der Waals surface area contributed by atoms with E-state index in [4.69, 9.17) is 25.5 Å². The number of carbonyl (C=O) groups is 2. The lowest BCUT2D eigenvalue weighted by Crippen LogP contribution is -2.29. The van der Waals surface area contributed by atoms with Gasteiger partial charge < -0.3 is 25.5 Å². The third kappa shape index (κ3) is 21.8. The lowest BCUT2D eigenvalue weighted by Gasteiger charge is -2.08. The molecular formula is C9H22N2O8P2. The van der Waals surface area contributed by atoms with Crippen LogP contribution in [-0.4, -0.2) is 63.2 Å². The number of nitrogens with two attached hydrogens (primary N) is 1. The van der Waals surface area contributed by atoms with Crippen LogP contribution in [-0.2, 0) is 18.7 Å². The van der Waals surface area contributed by atoms with Crippen molar-refractivity contribution >= 4 is 26.7 Å². The van der Waals surface area contributed by atoms with Crippen molar-refractivity contribution in [1.82, 2.24) is 5.32 Å². The van der Waals surface area contributed by atoms with Gasteiger partial charge in [0.25, 0.3) is 0 Å². The van der Waals surface area contributed by atoms with E-state index in [1.165, 1.54) is 13.6 Å². The van der Waals surface area contributed by atoms with E-state index >= 15 is 0 Å². The molecule has 10 nitrogen and oxygen atoms in total. The Morgan fingerprint density at radius 1 is 1.24 bits per heavy atom. The minimum Gasteiger partial charge on any atom is -0.480 e. The van der Waals surface area contributed by atoms with Gasteiger partial charge in [-0.3, -0.25) is 24.0 Å². The first-order chi connectivity index (χ1) is 9.24. The Labute approximate surface area is 122 Å². The van der Waals surface area contributed by atoms with E-state index in [0.717, 1.165) is 0 Å². The normalized spacial score (nSPS) is 15.3. The summed E-state index contributed by atoms with van der Waals surface area (Å²) in [5, 5.41) is 10.1. The van der Waals surface area contributed by atoms with Gasteiger partial charge in [-0.25, -0.2) is 0 Å². The number of carbonyl (C=O) groups excluding carboxylic acids is 1. The van der Waals surface area contributed by atoms with Crippen molar-refractivity contribution in [1.29, 1.82) is 0 Å². The second kappa shape index (κ2) is 10.2. The fraction of sp³-hybridized carbons (Fsp3) is 0.778. The van der Waals surface area contributed by atoms with Crippen molar-refractivity contribution in [3.8, 4) is 0 Å². The highest BCUT2D eigenvalue weighted by molar-refractivity contribution is 7.57. The summed E-state index contributed by atoms with van der Waals surface area (Å²) in [5.41, 5.74) is 5.34. The smallest absolute Gasteiger partial charge is 0.339 e. The zero-order valence-corrected chi connectivity index (χ0v) is 13.6. The SMILES string of the molecule is CC(=O)C(N)CCP(C)(=O)O.O=C(O)CNCP(=O)(O)O. The number of hydrogen-bond donors (Lipinski definition) is 6. The largest absolute Gasteiger partial charge is 0.480 e. The molecule has 0 aliphatic rings. The molecule has 0 heterocycles. The maximum absolute atomic E-state index is 10.7. The van der Waals surface area contributed by atoms with Crippen LogP contribution in [0.4, 0.5) is 0 Å². The average molecular weight is 348 g/mol. The summed E-state index contributed by atoms with van der Waals surface area (Å²) in [6.45, 7) is 2.20. The van der Waals surface area contributed by atoms with Crippen LogP contribution in [0.5, 0.6) is 0 Å². The van der Waals surface area contributed by atoms with E-state index in [0.29, 0.717) is 6.42 Å². The molecule has 0 aromatic carbocycles. The Balaban J connectivity index is 0. The maximum Gasteiger partial charge on any atom is 0.339 e. The van der Waals surface area contributed by atoms with Gasteiger partial charge in [-0.1, -0.05) is 0 Å². The number of aliphatic carboxylic acids is 1. The van der Waals surface area contributed by atoms with E-state index in [2.05, 4.69) is 5.32 Å². The van der Waals surface area contributed by atoms with E-state index in [1.54, 1.807) is 0 Å². The molecular weight excluding hydrogens is 326 g/mol. The van der Waals surface area contributed by atoms with Crippen LogP contribution >= 0.6 is 15.0 Å². The lowest BCUT2D eigenvalue weighted by atomic mass is 10.2. The molecule has 0 amide bonds. The van der Waals surface area contributed by atoms with E-state index in [9.17, 15) is 18.7 Å². The summed E-state index contributed by atoms with van der Waals surface area (Å²) >= 11 is 0. The van der Waals surface area contributed by atoms with Gasteiger partial charge in [0.05, 0.1) is 18.9 Å². The molecule has 0 spiro atoms. The Bertz CT molecular complexity index is 429. The molecule has 0 aromatic heterocycles. The summed E-state index contributed by atoms with van der Waals surface area (Å²) in [4.78, 5) is 45.5. The van der Waals surface area contributed by atoms with Gasteiger partial charge in [-0.15, -0.1) is 0 Å². The Hall–Kier alpha value is -0.600. The summed E-state index contributed by atoms with van der Waals surface area (Å²) in [7, 11) is -7.09. The van der Waals surface area contributed by atoms with Gasteiger partial charge in [-0.2, -0.15) is 0 Å². The molecule has 0 saturated carbocycles. The molecule has 21 heavy (non-hydrogen) atoms. The predicted octanol–water partition coefficient (Wildman–Crippen LogP) is -1.01. The molecule has 0 rings (SSSR count). The third-order valence-electron chi connectivity index (χ3n) is 1.97. The summed E-state index contributed by atoms with van der Waals surface area (Å²) in [5.74, 6) is -1.29. The van der Waals surface area contributed by atoms with Crippen LogP contribution in [0.25, 0.3) is 0 Å². The van der Waals surface area contributed by atoms with Crippen molar-refractivity contribution in [2.75, 3.05) is 25.7 Å². The number of hydrogen-bond acceptors (Lipinski definition) is 6. The quantitative estimate of drug-likeness (QED) is 0.297. The third-order valence-corrected chi connectivity index (χ3v) is 3.69. The van der Waals surface area contributed by atoms with E-state index in [-0.39, 0.29) is 11.9 Å². The summed E-state index contributed by atoms with van der Waals surface area (Å²) in [6.07, 6.45) is -0.188. The minimum absolute atomic E-state index is 0.119. The molecule has 2 atom stereocenters. The van der Waals surface area contributed by atoms with E-state index < -0.39 is 39.8 Å². The second-order valence-corrected chi connectivity index (χ2v) is 8.62. The second-order valence-electron chi connectivity index (χ2n) is 4.42. The monoisotopic (exact) mass is 348 g/mol. The van der Waals surface area contributed by atoms with Crippen LogP contribution < -0.4 is 11.1 Å². The molecule has 0 aliphatic carbocycles. The first-order valence-corrected chi connectivity index (χ1v) is 9.86. The predicted molar refractivity (Wildman–Crippen MR) is 76.4 cm³/mol. The zero-order valence-electron chi connectivity index (χ0n) is 11.8. The van der Waals surface area contributed by atoms with E-state index in [1.807, 2.05) is 0 Å².